The summed E-state index contributed by atoms with van der Waals surface area (Å²) < 4.78 is 5.76. The summed E-state index contributed by atoms with van der Waals surface area (Å²) in [5.74, 6) is 0.783. The standard InChI is InChI=1S/C25H25ClN4O3S/c26-20-2-1-3-22(14-20)33-17-18-4-6-19(7-5-18)24(31)30-15-21(16-30)28-9-11-29(12-10-28)25(32)23-27-8-13-34-23/h1-8,13-14,21H,9-12,15-17H2. The Labute approximate surface area is 207 Å². The molecule has 3 heterocycles. The summed E-state index contributed by atoms with van der Waals surface area (Å²) in [6, 6.07) is 15.2. The van der Waals surface area contributed by atoms with E-state index in [9.17, 15) is 9.59 Å². The van der Waals surface area contributed by atoms with Gasteiger partial charge in [-0.15, -0.1) is 11.3 Å². The second kappa shape index (κ2) is 10.1. The van der Waals surface area contributed by atoms with E-state index in [0.717, 1.165) is 31.7 Å². The highest BCUT2D eigenvalue weighted by Crippen LogP contribution is 2.22. The van der Waals surface area contributed by atoms with Crippen molar-refractivity contribution in [2.24, 2.45) is 0 Å². The molecule has 1 aromatic heterocycles. The van der Waals surface area contributed by atoms with Crippen LogP contribution in [0, 0.1) is 0 Å². The summed E-state index contributed by atoms with van der Waals surface area (Å²) in [5, 5.41) is 3.01. The van der Waals surface area contributed by atoms with Gasteiger partial charge in [-0.3, -0.25) is 14.5 Å². The predicted octanol–water partition coefficient (Wildman–Crippen LogP) is 3.66. The predicted molar refractivity (Wildman–Crippen MR) is 132 cm³/mol. The maximum absolute atomic E-state index is 12.9. The van der Waals surface area contributed by atoms with E-state index in [1.807, 2.05) is 51.6 Å². The molecule has 34 heavy (non-hydrogen) atoms. The number of nitrogens with zero attached hydrogens (tertiary/aromatic N) is 4. The first kappa shape index (κ1) is 22.8. The number of halogens is 1. The van der Waals surface area contributed by atoms with Crippen LogP contribution in [-0.2, 0) is 6.61 Å². The molecule has 176 valence electrons. The Kier molecular flexibility index (Phi) is 6.80. The second-order valence-electron chi connectivity index (χ2n) is 8.47. The molecule has 0 atom stereocenters. The van der Waals surface area contributed by atoms with Gasteiger partial charge in [0.05, 0.1) is 0 Å². The van der Waals surface area contributed by atoms with Crippen molar-refractivity contribution in [3.8, 4) is 5.75 Å². The summed E-state index contributed by atoms with van der Waals surface area (Å²) in [7, 11) is 0. The third kappa shape index (κ3) is 5.09. The van der Waals surface area contributed by atoms with Crippen LogP contribution in [0.5, 0.6) is 5.75 Å². The number of likely N-dealkylation sites (tertiary alicyclic amines) is 1. The first-order valence-electron chi connectivity index (χ1n) is 11.3. The molecule has 0 saturated carbocycles. The fourth-order valence-electron chi connectivity index (χ4n) is 4.26. The van der Waals surface area contributed by atoms with Crippen LogP contribution in [0.3, 0.4) is 0 Å². The van der Waals surface area contributed by atoms with Gasteiger partial charge in [-0.2, -0.15) is 0 Å². The van der Waals surface area contributed by atoms with E-state index in [2.05, 4.69) is 9.88 Å². The number of ether oxygens (including phenoxy) is 1. The second-order valence-corrected chi connectivity index (χ2v) is 9.80. The maximum Gasteiger partial charge on any atom is 0.282 e. The van der Waals surface area contributed by atoms with Gasteiger partial charge in [-0.1, -0.05) is 29.8 Å². The van der Waals surface area contributed by atoms with E-state index < -0.39 is 0 Å². The van der Waals surface area contributed by atoms with Crippen molar-refractivity contribution < 1.29 is 14.3 Å². The normalized spacial score (nSPS) is 16.9. The quantitative estimate of drug-likeness (QED) is 0.521. The Morgan fingerprint density at radius 1 is 1.00 bits per heavy atom. The van der Waals surface area contributed by atoms with Gasteiger partial charge in [0.15, 0.2) is 5.01 Å². The average molecular weight is 497 g/mol. The summed E-state index contributed by atoms with van der Waals surface area (Å²) in [5.41, 5.74) is 1.67. The highest BCUT2D eigenvalue weighted by Gasteiger charge is 2.37. The molecule has 3 aromatic rings. The van der Waals surface area contributed by atoms with Crippen molar-refractivity contribution in [1.29, 1.82) is 0 Å². The Balaban J connectivity index is 1.07. The number of aromatic nitrogens is 1. The van der Waals surface area contributed by atoms with Crippen LogP contribution in [0.4, 0.5) is 0 Å². The summed E-state index contributed by atoms with van der Waals surface area (Å²) in [6.45, 7) is 4.90. The zero-order valence-corrected chi connectivity index (χ0v) is 20.2. The third-order valence-corrected chi connectivity index (χ3v) is 7.28. The first-order valence-corrected chi connectivity index (χ1v) is 12.5. The number of thiazole rings is 1. The number of piperazine rings is 1. The molecule has 7 nitrogen and oxygen atoms in total. The Bertz CT molecular complexity index is 1140. The largest absolute Gasteiger partial charge is 0.489 e. The molecule has 0 N–H and O–H groups in total. The molecule has 9 heteroatoms. The zero-order valence-electron chi connectivity index (χ0n) is 18.6. The van der Waals surface area contributed by atoms with Crippen molar-refractivity contribution in [2.75, 3.05) is 39.3 Å². The van der Waals surface area contributed by atoms with Gasteiger partial charge in [-0.25, -0.2) is 4.98 Å². The minimum atomic E-state index is 0.0153. The molecule has 0 bridgehead atoms. The number of carbonyl (C=O) groups is 2. The Hall–Kier alpha value is -2.94. The van der Waals surface area contributed by atoms with E-state index in [1.54, 1.807) is 18.3 Å². The minimum Gasteiger partial charge on any atom is -0.489 e. The van der Waals surface area contributed by atoms with E-state index in [1.165, 1.54) is 11.3 Å². The topological polar surface area (TPSA) is 66.0 Å². The molecule has 2 saturated heterocycles. The number of carbonyl (C=O) groups excluding carboxylic acids is 2. The van der Waals surface area contributed by atoms with Crippen LogP contribution < -0.4 is 4.74 Å². The van der Waals surface area contributed by atoms with E-state index >= 15 is 0 Å². The summed E-state index contributed by atoms with van der Waals surface area (Å²) >= 11 is 7.37. The maximum atomic E-state index is 12.9. The molecule has 0 unspecified atom stereocenters. The smallest absolute Gasteiger partial charge is 0.282 e. The lowest BCUT2D eigenvalue weighted by Gasteiger charge is -2.48. The van der Waals surface area contributed by atoms with E-state index in [4.69, 9.17) is 16.3 Å². The van der Waals surface area contributed by atoms with Gasteiger partial charge in [0.2, 0.25) is 0 Å². The molecule has 2 amide bonds. The van der Waals surface area contributed by atoms with Gasteiger partial charge in [0.25, 0.3) is 11.8 Å². The monoisotopic (exact) mass is 496 g/mol. The number of hydrogen-bond donors (Lipinski definition) is 0. The molecule has 0 radical (unpaired) electrons. The van der Waals surface area contributed by atoms with Crippen molar-refractivity contribution in [3.05, 3.63) is 81.3 Å². The van der Waals surface area contributed by atoms with Gasteiger partial charge in [-0.05, 0) is 35.9 Å². The molecule has 2 fully saturated rings. The van der Waals surface area contributed by atoms with Gasteiger partial charge < -0.3 is 14.5 Å². The number of rotatable bonds is 6. The van der Waals surface area contributed by atoms with Crippen molar-refractivity contribution in [2.45, 2.75) is 12.6 Å². The number of benzene rings is 2. The van der Waals surface area contributed by atoms with Crippen LogP contribution in [0.15, 0.2) is 60.1 Å². The molecule has 2 aliphatic rings. The lowest BCUT2D eigenvalue weighted by Crippen LogP contribution is -2.64. The highest BCUT2D eigenvalue weighted by atomic mass is 35.5. The fraction of sp³-hybridized carbons (Fsp3) is 0.320. The Morgan fingerprint density at radius 3 is 2.44 bits per heavy atom. The summed E-state index contributed by atoms with van der Waals surface area (Å²) in [4.78, 5) is 35.6. The molecule has 5 rings (SSSR count). The lowest BCUT2D eigenvalue weighted by atomic mass is 10.0. The van der Waals surface area contributed by atoms with Gasteiger partial charge in [0, 0.05) is 67.5 Å². The van der Waals surface area contributed by atoms with Crippen molar-refractivity contribution >= 4 is 34.8 Å². The molecule has 2 aromatic carbocycles. The minimum absolute atomic E-state index is 0.0153. The average Bonchev–Trinajstić information content (AvgIpc) is 3.37. The Morgan fingerprint density at radius 2 is 1.76 bits per heavy atom. The highest BCUT2D eigenvalue weighted by molar-refractivity contribution is 7.11. The zero-order chi connectivity index (χ0) is 23.5. The first-order chi connectivity index (χ1) is 16.6. The van der Waals surface area contributed by atoms with Crippen molar-refractivity contribution in [3.63, 3.8) is 0 Å². The van der Waals surface area contributed by atoms with Crippen LogP contribution in [0.25, 0.3) is 0 Å². The molecule has 2 aliphatic heterocycles. The molecular formula is C25H25ClN4O3S. The van der Waals surface area contributed by atoms with Crippen LogP contribution >= 0.6 is 22.9 Å². The number of amides is 2. The molecular weight excluding hydrogens is 472 g/mol. The third-order valence-electron chi connectivity index (χ3n) is 6.29. The van der Waals surface area contributed by atoms with Gasteiger partial charge >= 0.3 is 0 Å². The molecule has 0 aliphatic carbocycles. The molecule has 0 spiro atoms. The SMILES string of the molecule is O=C(c1ccc(COc2cccc(Cl)c2)cc1)N1CC(N2CCN(C(=O)c3nccs3)CC2)C1. The number of hydrogen-bond acceptors (Lipinski definition) is 6. The van der Waals surface area contributed by atoms with E-state index in [0.29, 0.717) is 47.1 Å². The van der Waals surface area contributed by atoms with Crippen LogP contribution in [-0.4, -0.2) is 76.8 Å². The van der Waals surface area contributed by atoms with E-state index in [-0.39, 0.29) is 11.8 Å². The lowest BCUT2D eigenvalue weighted by molar-refractivity contribution is 0.00853. The summed E-state index contributed by atoms with van der Waals surface area (Å²) in [6.07, 6.45) is 1.66. The fourth-order valence-corrected chi connectivity index (χ4v) is 5.04. The van der Waals surface area contributed by atoms with Crippen LogP contribution in [0.1, 0.15) is 25.7 Å². The van der Waals surface area contributed by atoms with Crippen molar-refractivity contribution in [1.82, 2.24) is 19.7 Å². The van der Waals surface area contributed by atoms with Crippen LogP contribution in [0.2, 0.25) is 5.02 Å². The van der Waals surface area contributed by atoms with Gasteiger partial charge in [0.1, 0.15) is 12.4 Å².